The number of hydrogen-bond donors (Lipinski definition) is 1. The molecule has 0 bridgehead atoms. The Kier molecular flexibility index (Phi) is 5.28. The average Bonchev–Trinajstić information content (AvgIpc) is 2.79. The van der Waals surface area contributed by atoms with Crippen LogP contribution in [0.4, 0.5) is 0 Å². The number of fused-ring (bicyclic) bond motifs is 4. The van der Waals surface area contributed by atoms with Crippen molar-refractivity contribution in [2.24, 2.45) is 5.92 Å². The minimum atomic E-state index is -0.510. The summed E-state index contributed by atoms with van der Waals surface area (Å²) in [5.41, 5.74) is 1.39. The van der Waals surface area contributed by atoms with Crippen LogP contribution in [0.3, 0.4) is 0 Å². The molecule has 6 nitrogen and oxygen atoms in total. The molecular formula is C26H31NO5. The van der Waals surface area contributed by atoms with Crippen LogP contribution in [-0.2, 0) is 16.0 Å². The number of carbonyl (C=O) groups excluding carboxylic acids is 1. The quantitative estimate of drug-likeness (QED) is 0.778. The Balaban J connectivity index is 1.38. The van der Waals surface area contributed by atoms with Gasteiger partial charge in [-0.25, -0.2) is 0 Å². The third kappa shape index (κ3) is 3.60. The Labute approximate surface area is 189 Å². The molecule has 32 heavy (non-hydrogen) atoms. The summed E-state index contributed by atoms with van der Waals surface area (Å²) in [4.78, 5) is 15.3. The number of nitrogens with zero attached hydrogens (tertiary/aromatic N) is 1. The van der Waals surface area contributed by atoms with Crippen molar-refractivity contribution >= 4 is 5.91 Å². The van der Waals surface area contributed by atoms with E-state index in [-0.39, 0.29) is 35.8 Å². The van der Waals surface area contributed by atoms with Crippen molar-refractivity contribution in [2.75, 3.05) is 13.7 Å². The van der Waals surface area contributed by atoms with Gasteiger partial charge in [-0.1, -0.05) is 24.3 Å². The first-order chi connectivity index (χ1) is 15.4. The third-order valence-corrected chi connectivity index (χ3v) is 7.32. The van der Waals surface area contributed by atoms with E-state index in [4.69, 9.17) is 14.2 Å². The Morgan fingerprint density at radius 3 is 2.75 bits per heavy atom. The lowest BCUT2D eigenvalue weighted by Crippen LogP contribution is -2.60. The second-order valence-electron chi connectivity index (χ2n) is 9.66. The number of carbonyl (C=O) groups is 1. The summed E-state index contributed by atoms with van der Waals surface area (Å²) < 4.78 is 18.2. The molecule has 3 aliphatic heterocycles. The molecule has 0 saturated carbocycles. The van der Waals surface area contributed by atoms with E-state index in [9.17, 15) is 9.90 Å². The van der Waals surface area contributed by atoms with Crippen LogP contribution in [0.25, 0.3) is 0 Å². The highest BCUT2D eigenvalue weighted by Crippen LogP contribution is 2.54. The lowest BCUT2D eigenvalue weighted by molar-refractivity contribution is -0.193. The molecule has 170 valence electrons. The third-order valence-electron chi connectivity index (χ3n) is 7.32. The number of ether oxygens (including phenoxy) is 3. The van der Waals surface area contributed by atoms with Crippen molar-refractivity contribution in [3.05, 3.63) is 53.6 Å². The van der Waals surface area contributed by atoms with Crippen molar-refractivity contribution in [3.63, 3.8) is 0 Å². The van der Waals surface area contributed by atoms with Gasteiger partial charge < -0.3 is 24.2 Å². The van der Waals surface area contributed by atoms with Gasteiger partial charge in [-0.2, -0.15) is 0 Å². The minimum Gasteiger partial charge on any atom is -0.504 e. The average molecular weight is 438 g/mol. The number of benzene rings is 2. The standard InChI is InChI=1S/C26H31NO5/c1-26(2)19-15-20-22(31-24(19)18-6-4-7-21(28)25(18)32-26)8-5-13-27(20)23(29)14-16-9-11-17(30-3)12-10-16/h4,6-7,9-12,19-20,22,24,28H,5,8,13-15H2,1-3H3/t19-,20-,22-,24+/m1/s1. The zero-order chi connectivity index (χ0) is 22.5. The summed E-state index contributed by atoms with van der Waals surface area (Å²) in [6.07, 6.45) is 2.92. The Morgan fingerprint density at radius 1 is 1.22 bits per heavy atom. The summed E-state index contributed by atoms with van der Waals surface area (Å²) >= 11 is 0. The van der Waals surface area contributed by atoms with Crippen LogP contribution >= 0.6 is 0 Å². The zero-order valence-electron chi connectivity index (χ0n) is 18.9. The number of phenols is 1. The molecule has 3 aliphatic rings. The Hall–Kier alpha value is -2.73. The van der Waals surface area contributed by atoms with Crippen LogP contribution in [0.1, 0.15) is 50.3 Å². The van der Waals surface area contributed by atoms with E-state index in [0.717, 1.165) is 42.7 Å². The number of hydrogen-bond acceptors (Lipinski definition) is 5. The Morgan fingerprint density at radius 2 is 2.00 bits per heavy atom. The maximum Gasteiger partial charge on any atom is 0.227 e. The number of rotatable bonds is 3. The summed E-state index contributed by atoms with van der Waals surface area (Å²) in [6, 6.07) is 13.2. The first kappa shape index (κ1) is 21.1. The number of likely N-dealkylation sites (tertiary alicyclic amines) is 1. The van der Waals surface area contributed by atoms with Crippen molar-refractivity contribution in [1.82, 2.24) is 4.90 Å². The van der Waals surface area contributed by atoms with Gasteiger partial charge in [-0.3, -0.25) is 4.79 Å². The van der Waals surface area contributed by atoms with Crippen LogP contribution < -0.4 is 9.47 Å². The van der Waals surface area contributed by atoms with E-state index >= 15 is 0 Å². The fourth-order valence-corrected chi connectivity index (χ4v) is 5.61. The van der Waals surface area contributed by atoms with Crippen molar-refractivity contribution in [1.29, 1.82) is 0 Å². The van der Waals surface area contributed by atoms with Gasteiger partial charge in [0.05, 0.1) is 31.8 Å². The number of aromatic hydroxyl groups is 1. The number of methoxy groups -OCH3 is 1. The number of phenolic OH excluding ortho intramolecular Hbond substituents is 1. The highest BCUT2D eigenvalue weighted by atomic mass is 16.5. The van der Waals surface area contributed by atoms with Gasteiger partial charge in [-0.15, -0.1) is 0 Å². The summed E-state index contributed by atoms with van der Waals surface area (Å²) in [7, 11) is 1.64. The van der Waals surface area contributed by atoms with E-state index in [0.29, 0.717) is 12.2 Å². The van der Waals surface area contributed by atoms with Crippen molar-refractivity contribution in [2.45, 2.75) is 63.4 Å². The molecule has 0 spiro atoms. The van der Waals surface area contributed by atoms with E-state index in [1.165, 1.54) is 0 Å². The van der Waals surface area contributed by atoms with Gasteiger partial charge >= 0.3 is 0 Å². The van der Waals surface area contributed by atoms with Crippen LogP contribution in [0, 0.1) is 5.92 Å². The summed E-state index contributed by atoms with van der Waals surface area (Å²) in [6.45, 7) is 4.86. The van der Waals surface area contributed by atoms with Gasteiger partial charge in [-0.05, 0) is 56.9 Å². The monoisotopic (exact) mass is 437 g/mol. The lowest BCUT2D eigenvalue weighted by atomic mass is 9.72. The first-order valence-corrected chi connectivity index (χ1v) is 11.5. The largest absolute Gasteiger partial charge is 0.504 e. The molecule has 2 aromatic rings. The fourth-order valence-electron chi connectivity index (χ4n) is 5.61. The second kappa shape index (κ2) is 8.00. The van der Waals surface area contributed by atoms with Gasteiger partial charge in [0, 0.05) is 18.0 Å². The van der Waals surface area contributed by atoms with Gasteiger partial charge in [0.15, 0.2) is 11.5 Å². The number of amides is 1. The maximum atomic E-state index is 13.3. The molecule has 1 amide bonds. The van der Waals surface area contributed by atoms with E-state index < -0.39 is 5.60 Å². The van der Waals surface area contributed by atoms with Crippen LogP contribution in [0.5, 0.6) is 17.2 Å². The normalized spacial score (nSPS) is 28.0. The van der Waals surface area contributed by atoms with E-state index in [1.807, 2.05) is 41.3 Å². The number of para-hydroxylation sites is 1. The van der Waals surface area contributed by atoms with Crippen LogP contribution in [0.2, 0.25) is 0 Å². The molecule has 6 heteroatoms. The number of piperidine rings is 1. The molecule has 2 saturated heterocycles. The molecule has 2 fully saturated rings. The van der Waals surface area contributed by atoms with Gasteiger partial charge in [0.2, 0.25) is 5.91 Å². The van der Waals surface area contributed by atoms with Crippen molar-refractivity contribution < 1.29 is 24.1 Å². The Bertz CT molecular complexity index is 1000. The molecule has 0 radical (unpaired) electrons. The minimum absolute atomic E-state index is 0.00563. The SMILES string of the molecule is COc1ccc(CC(=O)N2CCC[C@H]3O[C@H]4c5cccc(O)c5OC(C)(C)[C@@H]4C[C@H]32)cc1. The molecule has 3 heterocycles. The van der Waals surface area contributed by atoms with Crippen molar-refractivity contribution in [3.8, 4) is 17.2 Å². The molecule has 0 aliphatic carbocycles. The van der Waals surface area contributed by atoms with E-state index in [2.05, 4.69) is 13.8 Å². The highest BCUT2D eigenvalue weighted by Gasteiger charge is 2.53. The fraction of sp³-hybridized carbons (Fsp3) is 0.500. The lowest BCUT2D eigenvalue weighted by Gasteiger charge is -2.54. The summed E-state index contributed by atoms with van der Waals surface area (Å²) in [5.74, 6) is 1.70. The highest BCUT2D eigenvalue weighted by molar-refractivity contribution is 5.79. The molecule has 0 aromatic heterocycles. The zero-order valence-corrected chi connectivity index (χ0v) is 18.9. The predicted molar refractivity (Wildman–Crippen MR) is 120 cm³/mol. The smallest absolute Gasteiger partial charge is 0.227 e. The molecule has 1 N–H and O–H groups in total. The molecular weight excluding hydrogens is 406 g/mol. The van der Waals surface area contributed by atoms with Gasteiger partial charge in [0.25, 0.3) is 0 Å². The van der Waals surface area contributed by atoms with Crippen LogP contribution in [-0.4, -0.2) is 47.3 Å². The molecule has 4 atom stereocenters. The van der Waals surface area contributed by atoms with Crippen LogP contribution in [0.15, 0.2) is 42.5 Å². The molecule has 2 aromatic carbocycles. The predicted octanol–water partition coefficient (Wildman–Crippen LogP) is 4.25. The molecule has 0 unspecified atom stereocenters. The van der Waals surface area contributed by atoms with Gasteiger partial charge in [0.1, 0.15) is 11.4 Å². The summed E-state index contributed by atoms with van der Waals surface area (Å²) in [5, 5.41) is 10.4. The topological polar surface area (TPSA) is 68.2 Å². The molecule has 5 rings (SSSR count). The first-order valence-electron chi connectivity index (χ1n) is 11.5. The second-order valence-corrected chi connectivity index (χ2v) is 9.66. The maximum absolute atomic E-state index is 13.3. The van der Waals surface area contributed by atoms with E-state index in [1.54, 1.807) is 13.2 Å².